The zero-order valence-electron chi connectivity index (χ0n) is 9.62. The summed E-state index contributed by atoms with van der Waals surface area (Å²) >= 11 is 12.0. The number of carbonyl (C=O) groups is 1. The Hall–Kier alpha value is -1.59. The van der Waals surface area contributed by atoms with Gasteiger partial charge in [0.25, 0.3) is 0 Å². The predicted octanol–water partition coefficient (Wildman–Crippen LogP) is 2.87. The molecule has 0 amide bonds. The van der Waals surface area contributed by atoms with Crippen molar-refractivity contribution in [1.82, 2.24) is 15.0 Å². The van der Waals surface area contributed by atoms with Crippen LogP contribution in [0.4, 0.5) is 0 Å². The Morgan fingerprint density at radius 1 is 1.33 bits per heavy atom. The Kier molecular flexibility index (Phi) is 3.54. The predicted molar refractivity (Wildman–Crippen MR) is 67.9 cm³/mol. The van der Waals surface area contributed by atoms with Crippen LogP contribution < -0.4 is 0 Å². The minimum atomic E-state index is -0.517. The molecule has 5 nitrogen and oxygen atoms in total. The number of hydrogen-bond donors (Lipinski definition) is 1. The van der Waals surface area contributed by atoms with E-state index in [9.17, 15) is 4.79 Å². The van der Waals surface area contributed by atoms with Crippen LogP contribution in [0.2, 0.25) is 10.0 Å². The number of hydrogen-bond acceptors (Lipinski definition) is 4. The molecule has 2 heterocycles. The molecular formula is C11H9Cl2N3O2. The number of aromatic nitrogens is 3. The summed E-state index contributed by atoms with van der Waals surface area (Å²) in [6.45, 7) is 1.71. The second-order valence-corrected chi connectivity index (χ2v) is 4.34. The summed E-state index contributed by atoms with van der Waals surface area (Å²) < 4.78 is 4.63. The summed E-state index contributed by atoms with van der Waals surface area (Å²) in [5.41, 5.74) is 1.30. The molecule has 2 aromatic heterocycles. The average Bonchev–Trinajstić information content (AvgIpc) is 2.70. The maximum atomic E-state index is 11.5. The zero-order valence-corrected chi connectivity index (χ0v) is 11.1. The third kappa shape index (κ3) is 2.19. The highest BCUT2D eigenvalue weighted by atomic mass is 35.5. The second kappa shape index (κ2) is 4.96. The molecule has 94 valence electrons. The highest BCUT2D eigenvalue weighted by Gasteiger charge is 2.19. The number of esters is 1. The number of aryl methyl sites for hydroxylation is 1. The van der Waals surface area contributed by atoms with Crippen molar-refractivity contribution in [1.29, 1.82) is 0 Å². The van der Waals surface area contributed by atoms with Crippen LogP contribution in [0.5, 0.6) is 0 Å². The Morgan fingerprint density at radius 3 is 2.50 bits per heavy atom. The molecule has 0 aliphatic heterocycles. The largest absolute Gasteiger partial charge is 0.464 e. The SMILES string of the molecule is COC(=O)c1nc(-c2c(Cl)cncc2Cl)[nH]c1C. The molecule has 0 unspecified atom stereocenters. The first-order chi connectivity index (χ1) is 8.54. The number of pyridine rings is 1. The molecule has 0 atom stereocenters. The van der Waals surface area contributed by atoms with E-state index < -0.39 is 5.97 Å². The highest BCUT2D eigenvalue weighted by molar-refractivity contribution is 6.38. The molecule has 0 aliphatic rings. The zero-order chi connectivity index (χ0) is 13.3. The second-order valence-electron chi connectivity index (χ2n) is 3.53. The van der Waals surface area contributed by atoms with Crippen LogP contribution in [0.1, 0.15) is 16.2 Å². The third-order valence-electron chi connectivity index (χ3n) is 2.35. The highest BCUT2D eigenvalue weighted by Crippen LogP contribution is 2.32. The number of aromatic amines is 1. The van der Waals surface area contributed by atoms with Crippen LogP contribution in [-0.4, -0.2) is 28.0 Å². The van der Waals surface area contributed by atoms with Crippen LogP contribution in [0.15, 0.2) is 12.4 Å². The molecule has 0 aromatic carbocycles. The van der Waals surface area contributed by atoms with E-state index in [-0.39, 0.29) is 5.69 Å². The smallest absolute Gasteiger partial charge is 0.358 e. The number of nitrogens with zero attached hydrogens (tertiary/aromatic N) is 2. The van der Waals surface area contributed by atoms with E-state index in [0.29, 0.717) is 27.1 Å². The molecule has 0 bridgehead atoms. The number of imidazole rings is 1. The van der Waals surface area contributed by atoms with Crippen molar-refractivity contribution in [2.75, 3.05) is 7.11 Å². The van der Waals surface area contributed by atoms with E-state index in [2.05, 4.69) is 19.7 Å². The number of rotatable bonds is 2. The maximum absolute atomic E-state index is 11.5. The Morgan fingerprint density at radius 2 is 1.94 bits per heavy atom. The van der Waals surface area contributed by atoms with Crippen molar-refractivity contribution in [3.05, 3.63) is 33.8 Å². The molecule has 7 heteroatoms. The first-order valence-electron chi connectivity index (χ1n) is 4.99. The summed E-state index contributed by atoms with van der Waals surface area (Å²) in [5.74, 6) is -0.110. The Bertz CT molecular complexity index is 590. The van der Waals surface area contributed by atoms with Gasteiger partial charge in [0, 0.05) is 18.1 Å². The lowest BCUT2D eigenvalue weighted by Crippen LogP contribution is -2.03. The van der Waals surface area contributed by atoms with Gasteiger partial charge in [-0.05, 0) is 6.92 Å². The van der Waals surface area contributed by atoms with Crippen LogP contribution in [0.3, 0.4) is 0 Å². The van der Waals surface area contributed by atoms with Crippen LogP contribution in [0, 0.1) is 6.92 Å². The molecular weight excluding hydrogens is 277 g/mol. The van der Waals surface area contributed by atoms with Crippen molar-refractivity contribution >= 4 is 29.2 Å². The molecule has 0 saturated heterocycles. The summed E-state index contributed by atoms with van der Waals surface area (Å²) in [6.07, 6.45) is 2.91. The van der Waals surface area contributed by atoms with Gasteiger partial charge in [0.15, 0.2) is 5.69 Å². The van der Waals surface area contributed by atoms with Gasteiger partial charge >= 0.3 is 5.97 Å². The molecule has 0 radical (unpaired) electrons. The van der Waals surface area contributed by atoms with E-state index in [1.54, 1.807) is 6.92 Å². The van der Waals surface area contributed by atoms with E-state index in [1.165, 1.54) is 19.5 Å². The first kappa shape index (κ1) is 12.9. The monoisotopic (exact) mass is 285 g/mol. The van der Waals surface area contributed by atoms with Crippen molar-refractivity contribution in [2.45, 2.75) is 6.92 Å². The lowest BCUT2D eigenvalue weighted by atomic mass is 10.2. The fraction of sp³-hybridized carbons (Fsp3) is 0.182. The first-order valence-corrected chi connectivity index (χ1v) is 5.74. The Labute approximate surface area is 113 Å². The summed E-state index contributed by atoms with van der Waals surface area (Å²) in [7, 11) is 1.29. The van der Waals surface area contributed by atoms with Crippen molar-refractivity contribution in [2.24, 2.45) is 0 Å². The minimum Gasteiger partial charge on any atom is -0.464 e. The molecule has 0 aliphatic carbocycles. The normalized spacial score (nSPS) is 10.4. The number of nitrogens with one attached hydrogen (secondary N) is 1. The van der Waals surface area contributed by atoms with Crippen molar-refractivity contribution in [3.8, 4) is 11.4 Å². The summed E-state index contributed by atoms with van der Waals surface area (Å²) in [6, 6.07) is 0. The molecule has 1 N–H and O–H groups in total. The number of ether oxygens (including phenoxy) is 1. The quantitative estimate of drug-likeness (QED) is 0.862. The molecule has 2 rings (SSSR count). The van der Waals surface area contributed by atoms with Gasteiger partial charge in [0.1, 0.15) is 5.82 Å². The number of methoxy groups -OCH3 is 1. The lowest BCUT2D eigenvalue weighted by Gasteiger charge is -2.01. The topological polar surface area (TPSA) is 67.9 Å². The molecule has 0 fully saturated rings. The molecule has 0 saturated carbocycles. The minimum absolute atomic E-state index is 0.205. The van der Waals surface area contributed by atoms with Gasteiger partial charge in [0.05, 0.1) is 22.7 Å². The third-order valence-corrected chi connectivity index (χ3v) is 2.93. The van der Waals surface area contributed by atoms with Gasteiger partial charge in [-0.15, -0.1) is 0 Å². The van der Waals surface area contributed by atoms with Gasteiger partial charge in [0.2, 0.25) is 0 Å². The molecule has 0 spiro atoms. The van der Waals surface area contributed by atoms with Gasteiger partial charge < -0.3 is 9.72 Å². The summed E-state index contributed by atoms with van der Waals surface area (Å²) in [4.78, 5) is 22.4. The van der Waals surface area contributed by atoms with Gasteiger partial charge in [-0.1, -0.05) is 23.2 Å². The standard InChI is InChI=1S/C11H9Cl2N3O2/c1-5-9(11(17)18-2)16-10(15-5)8-6(12)3-14-4-7(8)13/h3-4H,1-2H3,(H,15,16). The van der Waals surface area contributed by atoms with E-state index in [0.717, 1.165) is 0 Å². The maximum Gasteiger partial charge on any atom is 0.358 e. The van der Waals surface area contributed by atoms with E-state index >= 15 is 0 Å². The fourth-order valence-electron chi connectivity index (χ4n) is 1.51. The Balaban J connectivity index is 2.56. The van der Waals surface area contributed by atoms with Gasteiger partial charge in [-0.2, -0.15) is 0 Å². The summed E-state index contributed by atoms with van der Waals surface area (Å²) in [5, 5.41) is 0.709. The number of halogens is 2. The molecule has 18 heavy (non-hydrogen) atoms. The van der Waals surface area contributed by atoms with Crippen LogP contribution >= 0.6 is 23.2 Å². The van der Waals surface area contributed by atoms with Crippen LogP contribution in [-0.2, 0) is 4.74 Å². The van der Waals surface area contributed by atoms with Crippen molar-refractivity contribution in [3.63, 3.8) is 0 Å². The molecule has 2 aromatic rings. The lowest BCUT2D eigenvalue weighted by molar-refractivity contribution is 0.0594. The van der Waals surface area contributed by atoms with Crippen molar-refractivity contribution < 1.29 is 9.53 Å². The van der Waals surface area contributed by atoms with E-state index in [1.807, 2.05) is 0 Å². The van der Waals surface area contributed by atoms with E-state index in [4.69, 9.17) is 23.2 Å². The van der Waals surface area contributed by atoms with Gasteiger partial charge in [-0.25, -0.2) is 9.78 Å². The number of H-pyrrole nitrogens is 1. The average molecular weight is 286 g/mol. The van der Waals surface area contributed by atoms with Gasteiger partial charge in [-0.3, -0.25) is 4.98 Å². The van der Waals surface area contributed by atoms with Crippen LogP contribution in [0.25, 0.3) is 11.4 Å². The number of carbonyl (C=O) groups excluding carboxylic acids is 1. The fourth-order valence-corrected chi connectivity index (χ4v) is 2.06.